The maximum atomic E-state index is 10.00. The SMILES string of the molecule is O=C/C(O)=C/C=C/c1ccccc1. The Hall–Kier alpha value is -1.83. The average Bonchev–Trinajstić information content (AvgIpc) is 2.19. The van der Waals surface area contributed by atoms with Crippen LogP contribution in [0.5, 0.6) is 0 Å². The van der Waals surface area contributed by atoms with Gasteiger partial charge in [0, 0.05) is 0 Å². The molecule has 0 radical (unpaired) electrons. The zero-order chi connectivity index (χ0) is 9.52. The summed E-state index contributed by atoms with van der Waals surface area (Å²) in [5.41, 5.74) is 1.03. The molecule has 1 N–H and O–H groups in total. The predicted octanol–water partition coefficient (Wildman–Crippen LogP) is 2.34. The first-order valence-corrected chi connectivity index (χ1v) is 3.90. The van der Waals surface area contributed by atoms with E-state index in [0.29, 0.717) is 6.29 Å². The first kappa shape index (κ1) is 9.26. The largest absolute Gasteiger partial charge is 0.505 e. The molecule has 1 rings (SSSR count). The van der Waals surface area contributed by atoms with Crippen molar-refractivity contribution in [3.63, 3.8) is 0 Å². The summed E-state index contributed by atoms with van der Waals surface area (Å²) >= 11 is 0. The Morgan fingerprint density at radius 1 is 1.23 bits per heavy atom. The number of carbonyl (C=O) groups is 1. The number of hydrogen-bond donors (Lipinski definition) is 1. The molecule has 2 nitrogen and oxygen atoms in total. The van der Waals surface area contributed by atoms with Crippen LogP contribution >= 0.6 is 0 Å². The zero-order valence-corrected chi connectivity index (χ0v) is 7.05. The fourth-order valence-electron chi connectivity index (χ4n) is 0.861. The molecule has 2 heteroatoms. The van der Waals surface area contributed by atoms with Crippen molar-refractivity contribution in [2.24, 2.45) is 0 Å². The van der Waals surface area contributed by atoms with Crippen LogP contribution in [0, 0.1) is 0 Å². The third-order valence-electron chi connectivity index (χ3n) is 1.48. The molecule has 0 aliphatic carbocycles. The molecule has 66 valence electrons. The second kappa shape index (κ2) is 4.93. The molecular weight excluding hydrogens is 164 g/mol. The highest BCUT2D eigenvalue weighted by Crippen LogP contribution is 2.00. The third-order valence-corrected chi connectivity index (χ3v) is 1.48. The Balaban J connectivity index is 2.65. The Morgan fingerprint density at radius 2 is 1.92 bits per heavy atom. The maximum absolute atomic E-state index is 10.00. The summed E-state index contributed by atoms with van der Waals surface area (Å²) in [5, 5.41) is 8.78. The monoisotopic (exact) mass is 174 g/mol. The summed E-state index contributed by atoms with van der Waals surface area (Å²) in [6, 6.07) is 9.63. The van der Waals surface area contributed by atoms with Crippen LogP contribution in [-0.4, -0.2) is 11.4 Å². The topological polar surface area (TPSA) is 37.3 Å². The number of carbonyl (C=O) groups excluding carboxylic acids is 1. The first-order chi connectivity index (χ1) is 6.33. The number of aliphatic hydroxyl groups is 1. The second-order valence-electron chi connectivity index (χ2n) is 2.48. The van der Waals surface area contributed by atoms with Crippen molar-refractivity contribution in [2.75, 3.05) is 0 Å². The number of aldehydes is 1. The van der Waals surface area contributed by atoms with Gasteiger partial charge in [0.15, 0.2) is 12.0 Å². The van der Waals surface area contributed by atoms with Gasteiger partial charge in [-0.2, -0.15) is 0 Å². The summed E-state index contributed by atoms with van der Waals surface area (Å²) in [5.74, 6) is -0.271. The number of rotatable bonds is 3. The minimum absolute atomic E-state index is 0.271. The predicted molar refractivity (Wildman–Crippen MR) is 52.3 cm³/mol. The zero-order valence-electron chi connectivity index (χ0n) is 7.05. The highest BCUT2D eigenvalue weighted by molar-refractivity contribution is 5.70. The lowest BCUT2D eigenvalue weighted by atomic mass is 10.2. The van der Waals surface area contributed by atoms with Gasteiger partial charge in [-0.25, -0.2) is 0 Å². The van der Waals surface area contributed by atoms with Crippen molar-refractivity contribution in [3.05, 3.63) is 53.8 Å². The molecule has 0 fully saturated rings. The molecule has 13 heavy (non-hydrogen) atoms. The summed E-state index contributed by atoms with van der Waals surface area (Å²) in [4.78, 5) is 10.00. The van der Waals surface area contributed by atoms with Gasteiger partial charge in [-0.15, -0.1) is 0 Å². The van der Waals surface area contributed by atoms with E-state index in [1.54, 1.807) is 12.2 Å². The van der Waals surface area contributed by atoms with Gasteiger partial charge in [-0.3, -0.25) is 4.79 Å². The molecular formula is C11H10O2. The lowest BCUT2D eigenvalue weighted by Crippen LogP contribution is -1.77. The minimum atomic E-state index is -0.271. The molecule has 0 amide bonds. The smallest absolute Gasteiger partial charge is 0.184 e. The Kier molecular flexibility index (Phi) is 3.51. The van der Waals surface area contributed by atoms with Crippen molar-refractivity contribution in [3.8, 4) is 0 Å². The van der Waals surface area contributed by atoms with Crippen LogP contribution in [-0.2, 0) is 4.79 Å². The highest BCUT2D eigenvalue weighted by Gasteiger charge is 1.83. The lowest BCUT2D eigenvalue weighted by molar-refractivity contribution is -0.106. The van der Waals surface area contributed by atoms with Crippen LogP contribution in [0.2, 0.25) is 0 Å². The molecule has 0 bridgehead atoms. The second-order valence-corrected chi connectivity index (χ2v) is 2.48. The van der Waals surface area contributed by atoms with E-state index < -0.39 is 0 Å². The van der Waals surface area contributed by atoms with Crippen LogP contribution in [0.1, 0.15) is 5.56 Å². The van der Waals surface area contributed by atoms with Crippen molar-refractivity contribution in [1.82, 2.24) is 0 Å². The van der Waals surface area contributed by atoms with Crippen LogP contribution in [0.3, 0.4) is 0 Å². The maximum Gasteiger partial charge on any atom is 0.184 e. The van der Waals surface area contributed by atoms with Gasteiger partial charge in [-0.1, -0.05) is 42.5 Å². The Morgan fingerprint density at radius 3 is 2.54 bits per heavy atom. The van der Waals surface area contributed by atoms with E-state index in [9.17, 15) is 4.79 Å². The quantitative estimate of drug-likeness (QED) is 0.330. The van der Waals surface area contributed by atoms with E-state index in [2.05, 4.69) is 0 Å². The lowest BCUT2D eigenvalue weighted by Gasteiger charge is -1.88. The van der Waals surface area contributed by atoms with Crippen LogP contribution in [0.15, 0.2) is 48.2 Å². The van der Waals surface area contributed by atoms with E-state index in [1.807, 2.05) is 30.3 Å². The summed E-state index contributed by atoms with van der Waals surface area (Å²) in [7, 11) is 0. The molecule has 0 spiro atoms. The van der Waals surface area contributed by atoms with E-state index in [4.69, 9.17) is 5.11 Å². The fraction of sp³-hybridized carbons (Fsp3) is 0. The van der Waals surface area contributed by atoms with Gasteiger partial charge in [0.25, 0.3) is 0 Å². The highest BCUT2D eigenvalue weighted by atomic mass is 16.3. The average molecular weight is 174 g/mol. The van der Waals surface area contributed by atoms with Crippen LogP contribution in [0.25, 0.3) is 6.08 Å². The molecule has 0 atom stereocenters. The fourth-order valence-corrected chi connectivity index (χ4v) is 0.861. The van der Waals surface area contributed by atoms with Gasteiger partial charge in [0.1, 0.15) is 0 Å². The van der Waals surface area contributed by atoms with E-state index >= 15 is 0 Å². The molecule has 1 aromatic rings. The summed E-state index contributed by atoms with van der Waals surface area (Å²) < 4.78 is 0. The van der Waals surface area contributed by atoms with Gasteiger partial charge in [0.2, 0.25) is 0 Å². The van der Waals surface area contributed by atoms with Gasteiger partial charge >= 0.3 is 0 Å². The van der Waals surface area contributed by atoms with E-state index in [0.717, 1.165) is 5.56 Å². The molecule has 0 saturated heterocycles. The van der Waals surface area contributed by atoms with Gasteiger partial charge < -0.3 is 5.11 Å². The molecule has 0 unspecified atom stereocenters. The van der Waals surface area contributed by atoms with Gasteiger partial charge in [-0.05, 0) is 11.6 Å². The standard InChI is InChI=1S/C11H10O2/c12-9-11(13)8-4-7-10-5-2-1-3-6-10/h1-9,13H/b7-4+,11-8-. The summed E-state index contributed by atoms with van der Waals surface area (Å²) in [6.07, 6.45) is 5.17. The van der Waals surface area contributed by atoms with Crippen molar-refractivity contribution >= 4 is 12.4 Å². The summed E-state index contributed by atoms with van der Waals surface area (Å²) in [6.45, 7) is 0. The number of hydrogen-bond acceptors (Lipinski definition) is 2. The normalized spacial score (nSPS) is 11.8. The van der Waals surface area contributed by atoms with Crippen LogP contribution < -0.4 is 0 Å². The number of allylic oxidation sites excluding steroid dienone is 3. The minimum Gasteiger partial charge on any atom is -0.505 e. The van der Waals surface area contributed by atoms with Crippen LogP contribution in [0.4, 0.5) is 0 Å². The van der Waals surface area contributed by atoms with E-state index in [-0.39, 0.29) is 5.76 Å². The molecule has 0 heterocycles. The van der Waals surface area contributed by atoms with Crippen molar-refractivity contribution in [1.29, 1.82) is 0 Å². The molecule has 0 aliphatic rings. The molecule has 1 aromatic carbocycles. The van der Waals surface area contributed by atoms with E-state index in [1.165, 1.54) is 6.08 Å². The Bertz CT molecular complexity index is 323. The molecule has 0 aliphatic heterocycles. The third kappa shape index (κ3) is 3.38. The Labute approximate surface area is 76.8 Å². The molecule has 0 aromatic heterocycles. The van der Waals surface area contributed by atoms with Crippen molar-refractivity contribution in [2.45, 2.75) is 0 Å². The van der Waals surface area contributed by atoms with Gasteiger partial charge in [0.05, 0.1) is 0 Å². The first-order valence-electron chi connectivity index (χ1n) is 3.90. The van der Waals surface area contributed by atoms with Crippen molar-refractivity contribution < 1.29 is 9.90 Å². The number of aliphatic hydroxyl groups excluding tert-OH is 1. The molecule has 0 saturated carbocycles. The number of benzene rings is 1.